The van der Waals surface area contributed by atoms with Crippen LogP contribution in [0.3, 0.4) is 0 Å². The Kier molecular flexibility index (Phi) is 3.43. The van der Waals surface area contributed by atoms with E-state index in [1.807, 2.05) is 13.0 Å². The molecule has 0 radical (unpaired) electrons. The fourth-order valence-electron chi connectivity index (χ4n) is 1.45. The lowest BCUT2D eigenvalue weighted by Crippen LogP contribution is -2.15. The number of nitrogens with one attached hydrogen (secondary N) is 1. The summed E-state index contributed by atoms with van der Waals surface area (Å²) >= 11 is 5.70. The van der Waals surface area contributed by atoms with E-state index in [-0.39, 0.29) is 11.1 Å². The highest BCUT2D eigenvalue weighted by atomic mass is 35.5. The number of halogens is 1. The number of hydrogen-bond acceptors (Lipinski definition) is 4. The lowest BCUT2D eigenvalue weighted by molar-refractivity contribution is 0.102. The summed E-state index contributed by atoms with van der Waals surface area (Å²) in [5.74, 6) is 0.00636. The van der Waals surface area contributed by atoms with Crippen molar-refractivity contribution in [2.75, 3.05) is 11.1 Å². The second-order valence-electron chi connectivity index (χ2n) is 3.77. The number of aromatic nitrogens is 2. The van der Waals surface area contributed by atoms with Crippen molar-refractivity contribution in [1.82, 2.24) is 9.97 Å². The number of carbonyl (C=O) groups is 1. The molecule has 2 rings (SSSR count). The Morgan fingerprint density at radius 1 is 1.33 bits per heavy atom. The molecule has 0 atom stereocenters. The van der Waals surface area contributed by atoms with E-state index in [0.29, 0.717) is 17.1 Å². The molecule has 0 aliphatic carbocycles. The van der Waals surface area contributed by atoms with E-state index in [9.17, 15) is 4.79 Å². The number of aryl methyl sites for hydroxylation is 1. The van der Waals surface area contributed by atoms with Crippen LogP contribution in [0, 0.1) is 6.92 Å². The van der Waals surface area contributed by atoms with Crippen molar-refractivity contribution in [2.24, 2.45) is 0 Å². The molecule has 0 unspecified atom stereocenters. The van der Waals surface area contributed by atoms with Gasteiger partial charge in [0.25, 0.3) is 5.91 Å². The zero-order valence-corrected chi connectivity index (χ0v) is 10.4. The molecule has 3 N–H and O–H groups in total. The van der Waals surface area contributed by atoms with Crippen LogP contribution in [0.1, 0.15) is 15.9 Å². The van der Waals surface area contributed by atoms with Gasteiger partial charge < -0.3 is 11.1 Å². The molecule has 92 valence electrons. The highest BCUT2D eigenvalue weighted by Crippen LogP contribution is 2.16. The van der Waals surface area contributed by atoms with Crippen LogP contribution in [0.4, 0.5) is 11.5 Å². The fraction of sp³-hybridized carbons (Fsp3) is 0.0833. The standard InChI is InChI=1S/C12H11ClN4O/c1-7-2-3-9(14)8(4-7)12(18)17-11-5-10(13)15-6-16-11/h2-6H,14H2,1H3,(H,15,16,17,18). The molecule has 1 aromatic heterocycles. The number of anilines is 2. The lowest BCUT2D eigenvalue weighted by atomic mass is 10.1. The monoisotopic (exact) mass is 262 g/mol. The van der Waals surface area contributed by atoms with Gasteiger partial charge >= 0.3 is 0 Å². The van der Waals surface area contributed by atoms with Crippen LogP contribution >= 0.6 is 11.6 Å². The second kappa shape index (κ2) is 5.01. The maximum Gasteiger partial charge on any atom is 0.258 e. The van der Waals surface area contributed by atoms with Gasteiger partial charge in [-0.05, 0) is 19.1 Å². The van der Waals surface area contributed by atoms with Crippen molar-refractivity contribution in [3.63, 3.8) is 0 Å². The molecule has 5 nitrogen and oxygen atoms in total. The van der Waals surface area contributed by atoms with Crippen molar-refractivity contribution in [2.45, 2.75) is 6.92 Å². The first-order valence-electron chi connectivity index (χ1n) is 5.21. The van der Waals surface area contributed by atoms with Gasteiger partial charge in [0, 0.05) is 11.8 Å². The summed E-state index contributed by atoms with van der Waals surface area (Å²) in [5, 5.41) is 2.87. The Balaban J connectivity index is 2.24. The normalized spacial score (nSPS) is 10.1. The average molecular weight is 263 g/mol. The summed E-state index contributed by atoms with van der Waals surface area (Å²) in [7, 11) is 0. The van der Waals surface area contributed by atoms with Gasteiger partial charge in [-0.1, -0.05) is 23.2 Å². The minimum atomic E-state index is -0.328. The van der Waals surface area contributed by atoms with Crippen LogP contribution in [-0.2, 0) is 0 Å². The Morgan fingerprint density at radius 3 is 2.83 bits per heavy atom. The third kappa shape index (κ3) is 2.75. The first kappa shape index (κ1) is 12.3. The minimum absolute atomic E-state index is 0.262. The molecular weight excluding hydrogens is 252 g/mol. The molecule has 2 aromatic rings. The SMILES string of the molecule is Cc1ccc(N)c(C(=O)Nc2cc(Cl)ncn2)c1. The van der Waals surface area contributed by atoms with Crippen molar-refractivity contribution in [3.8, 4) is 0 Å². The van der Waals surface area contributed by atoms with Crippen LogP contribution in [0.25, 0.3) is 0 Å². The van der Waals surface area contributed by atoms with Gasteiger partial charge in [-0.25, -0.2) is 9.97 Å². The average Bonchev–Trinajstić information content (AvgIpc) is 2.32. The van der Waals surface area contributed by atoms with Crippen molar-refractivity contribution < 1.29 is 4.79 Å². The van der Waals surface area contributed by atoms with Crippen molar-refractivity contribution in [3.05, 3.63) is 46.9 Å². The molecule has 18 heavy (non-hydrogen) atoms. The van der Waals surface area contributed by atoms with Crippen LogP contribution in [0.2, 0.25) is 5.15 Å². The number of nitrogens with zero attached hydrogens (tertiary/aromatic N) is 2. The number of carbonyl (C=O) groups excluding carboxylic acids is 1. The topological polar surface area (TPSA) is 80.9 Å². The van der Waals surface area contributed by atoms with Crippen LogP contribution in [0.15, 0.2) is 30.6 Å². The number of hydrogen-bond donors (Lipinski definition) is 2. The number of benzene rings is 1. The lowest BCUT2D eigenvalue weighted by Gasteiger charge is -2.07. The van der Waals surface area contributed by atoms with Crippen LogP contribution in [0.5, 0.6) is 0 Å². The van der Waals surface area contributed by atoms with E-state index in [2.05, 4.69) is 15.3 Å². The summed E-state index contributed by atoms with van der Waals surface area (Å²) in [6, 6.07) is 6.71. The van der Waals surface area contributed by atoms with E-state index in [1.54, 1.807) is 12.1 Å². The zero-order chi connectivity index (χ0) is 13.1. The molecule has 0 aliphatic heterocycles. The van der Waals surface area contributed by atoms with Gasteiger partial charge in [0.15, 0.2) is 0 Å². The smallest absolute Gasteiger partial charge is 0.258 e. The van der Waals surface area contributed by atoms with Gasteiger partial charge in [0.05, 0.1) is 5.56 Å². The Morgan fingerprint density at radius 2 is 2.11 bits per heavy atom. The Bertz CT molecular complexity index is 600. The number of amides is 1. The summed E-state index contributed by atoms with van der Waals surface area (Å²) in [5.41, 5.74) is 7.53. The minimum Gasteiger partial charge on any atom is -0.398 e. The van der Waals surface area contributed by atoms with Crippen molar-refractivity contribution in [1.29, 1.82) is 0 Å². The van der Waals surface area contributed by atoms with Crippen LogP contribution in [-0.4, -0.2) is 15.9 Å². The molecule has 6 heteroatoms. The van der Waals surface area contributed by atoms with Gasteiger partial charge in [0.2, 0.25) is 0 Å². The Labute approximate surface area is 109 Å². The molecular formula is C12H11ClN4O. The molecule has 0 saturated heterocycles. The highest BCUT2D eigenvalue weighted by Gasteiger charge is 2.11. The quantitative estimate of drug-likeness (QED) is 0.643. The van der Waals surface area contributed by atoms with Crippen molar-refractivity contribution >= 4 is 29.0 Å². The zero-order valence-electron chi connectivity index (χ0n) is 9.64. The summed E-state index contributed by atoms with van der Waals surface area (Å²) < 4.78 is 0. The molecule has 0 aliphatic rings. The third-order valence-corrected chi connectivity index (χ3v) is 2.54. The van der Waals surface area contributed by atoms with E-state index < -0.39 is 0 Å². The van der Waals surface area contributed by atoms with E-state index in [1.165, 1.54) is 12.4 Å². The number of nitrogen functional groups attached to an aromatic ring is 1. The predicted molar refractivity (Wildman–Crippen MR) is 70.6 cm³/mol. The van der Waals surface area contributed by atoms with E-state index >= 15 is 0 Å². The molecule has 0 saturated carbocycles. The largest absolute Gasteiger partial charge is 0.398 e. The molecule has 0 bridgehead atoms. The maximum atomic E-state index is 12.0. The maximum absolute atomic E-state index is 12.0. The number of nitrogens with two attached hydrogens (primary N) is 1. The first-order chi connectivity index (χ1) is 8.56. The first-order valence-corrected chi connectivity index (χ1v) is 5.59. The van der Waals surface area contributed by atoms with E-state index in [0.717, 1.165) is 5.56 Å². The molecule has 0 fully saturated rings. The second-order valence-corrected chi connectivity index (χ2v) is 4.16. The third-order valence-electron chi connectivity index (χ3n) is 2.33. The van der Waals surface area contributed by atoms with Gasteiger partial charge in [0.1, 0.15) is 17.3 Å². The molecule has 1 amide bonds. The molecule has 1 heterocycles. The molecule has 1 aromatic carbocycles. The summed E-state index contributed by atoms with van der Waals surface area (Å²) in [6.45, 7) is 1.89. The van der Waals surface area contributed by atoms with E-state index in [4.69, 9.17) is 17.3 Å². The predicted octanol–water partition coefficient (Wildman–Crippen LogP) is 2.27. The van der Waals surface area contributed by atoms with Crippen LogP contribution < -0.4 is 11.1 Å². The van der Waals surface area contributed by atoms with Gasteiger partial charge in [-0.15, -0.1) is 0 Å². The highest BCUT2D eigenvalue weighted by molar-refractivity contribution is 6.29. The van der Waals surface area contributed by atoms with Gasteiger partial charge in [-0.2, -0.15) is 0 Å². The van der Waals surface area contributed by atoms with Gasteiger partial charge in [-0.3, -0.25) is 4.79 Å². The number of rotatable bonds is 2. The molecule has 0 spiro atoms. The Hall–Kier alpha value is -2.14. The summed E-state index contributed by atoms with van der Waals surface area (Å²) in [6.07, 6.45) is 1.28. The fourth-order valence-corrected chi connectivity index (χ4v) is 1.60. The summed E-state index contributed by atoms with van der Waals surface area (Å²) in [4.78, 5) is 19.6.